The average molecular weight is 408 g/mol. The molecule has 1 amide bonds. The molecule has 2 heterocycles. The number of hydrogen-bond acceptors (Lipinski definition) is 4. The number of hydrogen-bond donors (Lipinski definition) is 0. The number of halogens is 2. The van der Waals surface area contributed by atoms with Gasteiger partial charge in [0, 0.05) is 25.3 Å². The van der Waals surface area contributed by atoms with Gasteiger partial charge >= 0.3 is 0 Å². The second-order valence-electron chi connectivity index (χ2n) is 6.59. The molecule has 0 unspecified atom stereocenters. The van der Waals surface area contributed by atoms with Crippen molar-refractivity contribution in [2.45, 2.75) is 40.3 Å². The summed E-state index contributed by atoms with van der Waals surface area (Å²) in [5.74, 6) is -1.85. The van der Waals surface area contributed by atoms with Crippen molar-refractivity contribution in [1.29, 1.82) is 0 Å². The van der Waals surface area contributed by atoms with Gasteiger partial charge in [0.25, 0.3) is 5.91 Å². The number of rotatable bonds is 6. The Labute approximate surface area is 165 Å². The van der Waals surface area contributed by atoms with Gasteiger partial charge in [-0.3, -0.25) is 9.48 Å². The van der Waals surface area contributed by atoms with Crippen molar-refractivity contribution >= 4 is 27.5 Å². The number of ether oxygens (including phenoxy) is 1. The Kier molecular flexibility index (Phi) is 6.04. The molecule has 150 valence electrons. The van der Waals surface area contributed by atoms with E-state index in [1.807, 2.05) is 20.8 Å². The number of carbonyl (C=O) groups excluding carboxylic acids is 1. The molecule has 0 spiro atoms. The molecule has 0 aliphatic rings. The first-order valence-electron chi connectivity index (χ1n) is 9.03. The molecule has 3 aromatic rings. The minimum Gasteiger partial charge on any atom is -0.380 e. The summed E-state index contributed by atoms with van der Waals surface area (Å²) in [6, 6.07) is 3.73. The number of carbonyl (C=O) groups is 1. The molecule has 0 saturated heterocycles. The summed E-state index contributed by atoms with van der Waals surface area (Å²) in [6.45, 7) is 8.63. The minimum absolute atomic E-state index is 0.0122. The molecule has 28 heavy (non-hydrogen) atoms. The zero-order valence-corrected chi connectivity index (χ0v) is 17.0. The first-order valence-corrected chi connectivity index (χ1v) is 9.84. The predicted molar refractivity (Wildman–Crippen MR) is 103 cm³/mol. The van der Waals surface area contributed by atoms with E-state index in [1.54, 1.807) is 22.2 Å². The van der Waals surface area contributed by atoms with Crippen LogP contribution in [0, 0.1) is 18.6 Å². The molecule has 0 aliphatic carbocycles. The van der Waals surface area contributed by atoms with Crippen molar-refractivity contribution in [2.24, 2.45) is 4.99 Å². The Hall–Kier alpha value is -2.39. The number of fused-ring (bicyclic) bond motifs is 1. The average Bonchev–Trinajstić information content (AvgIpc) is 3.16. The van der Waals surface area contributed by atoms with E-state index in [2.05, 4.69) is 10.1 Å². The molecule has 9 heteroatoms. The Morgan fingerprint density at radius 2 is 2.07 bits per heavy atom. The van der Waals surface area contributed by atoms with Crippen LogP contribution in [0.2, 0.25) is 0 Å². The molecular formula is C19H22F2N4O2S. The number of amides is 1. The van der Waals surface area contributed by atoms with E-state index < -0.39 is 17.5 Å². The summed E-state index contributed by atoms with van der Waals surface area (Å²) in [7, 11) is 0. The lowest BCUT2D eigenvalue weighted by molar-refractivity contribution is 0.0984. The monoisotopic (exact) mass is 408 g/mol. The van der Waals surface area contributed by atoms with Crippen LogP contribution in [0.3, 0.4) is 0 Å². The zero-order valence-electron chi connectivity index (χ0n) is 16.2. The van der Waals surface area contributed by atoms with E-state index in [0.29, 0.717) is 40.6 Å². The second-order valence-corrected chi connectivity index (χ2v) is 7.60. The van der Waals surface area contributed by atoms with E-state index in [0.717, 1.165) is 17.4 Å². The predicted octanol–water partition coefficient (Wildman–Crippen LogP) is 3.84. The number of aromatic nitrogens is 3. The van der Waals surface area contributed by atoms with Gasteiger partial charge < -0.3 is 9.30 Å². The highest BCUT2D eigenvalue weighted by molar-refractivity contribution is 7.16. The van der Waals surface area contributed by atoms with E-state index >= 15 is 0 Å². The topological polar surface area (TPSA) is 61.4 Å². The fourth-order valence-corrected chi connectivity index (χ4v) is 4.03. The van der Waals surface area contributed by atoms with Gasteiger partial charge in [0.2, 0.25) is 0 Å². The van der Waals surface area contributed by atoms with Crippen LogP contribution in [-0.2, 0) is 11.3 Å². The highest BCUT2D eigenvalue weighted by atomic mass is 32.1. The number of nitrogens with zero attached hydrogens (tertiary/aromatic N) is 4. The third-order valence-corrected chi connectivity index (χ3v) is 5.15. The third-order valence-electron chi connectivity index (χ3n) is 4.12. The maximum absolute atomic E-state index is 14.4. The summed E-state index contributed by atoms with van der Waals surface area (Å²) < 4.78 is 37.0. The smallest absolute Gasteiger partial charge is 0.297 e. The third kappa shape index (κ3) is 4.05. The quantitative estimate of drug-likeness (QED) is 0.582. The molecule has 0 aliphatic heterocycles. The van der Waals surface area contributed by atoms with Gasteiger partial charge in [0.05, 0.1) is 22.5 Å². The van der Waals surface area contributed by atoms with Gasteiger partial charge in [0.1, 0.15) is 11.5 Å². The summed E-state index contributed by atoms with van der Waals surface area (Å²) in [5, 5.41) is 4.33. The first-order chi connectivity index (χ1) is 13.3. The van der Waals surface area contributed by atoms with Gasteiger partial charge in [-0.15, -0.1) is 0 Å². The lowest BCUT2D eigenvalue weighted by Gasteiger charge is -2.08. The number of benzene rings is 1. The molecule has 0 radical (unpaired) electrons. The van der Waals surface area contributed by atoms with Crippen molar-refractivity contribution in [2.75, 3.05) is 13.2 Å². The number of thiazole rings is 1. The fourth-order valence-electron chi connectivity index (χ4n) is 2.94. The Morgan fingerprint density at radius 3 is 2.75 bits per heavy atom. The standard InChI is InChI=1S/C19H22F2N4O2S/c1-5-27-7-6-24-17-14(21)9-13(20)10-16(17)28-19(24)22-18(26)15-8-12(4)23-25(15)11(2)3/h8-11H,5-7H2,1-4H3. The molecule has 0 atom stereocenters. The maximum Gasteiger partial charge on any atom is 0.297 e. The maximum atomic E-state index is 14.4. The summed E-state index contributed by atoms with van der Waals surface area (Å²) in [4.78, 5) is 17.3. The van der Waals surface area contributed by atoms with Crippen LogP contribution in [0.1, 0.15) is 43.0 Å². The van der Waals surface area contributed by atoms with E-state index in [4.69, 9.17) is 4.74 Å². The Balaban J connectivity index is 2.14. The lowest BCUT2D eigenvalue weighted by Crippen LogP contribution is -2.21. The molecule has 0 saturated carbocycles. The summed E-state index contributed by atoms with van der Waals surface area (Å²) >= 11 is 1.06. The van der Waals surface area contributed by atoms with Crippen LogP contribution in [0.5, 0.6) is 0 Å². The molecular weight excluding hydrogens is 386 g/mol. The van der Waals surface area contributed by atoms with Crippen LogP contribution in [0.4, 0.5) is 8.78 Å². The fraction of sp³-hybridized carbons (Fsp3) is 0.421. The van der Waals surface area contributed by atoms with Crippen LogP contribution in [0.25, 0.3) is 10.2 Å². The van der Waals surface area contributed by atoms with E-state index in [9.17, 15) is 13.6 Å². The molecule has 2 aromatic heterocycles. The molecule has 0 fully saturated rings. The second kappa shape index (κ2) is 8.32. The van der Waals surface area contributed by atoms with E-state index in [1.165, 1.54) is 6.07 Å². The molecule has 0 bridgehead atoms. The van der Waals surface area contributed by atoms with Crippen LogP contribution in [-0.4, -0.2) is 33.5 Å². The van der Waals surface area contributed by atoms with E-state index in [-0.39, 0.29) is 11.6 Å². The highest BCUT2D eigenvalue weighted by Gasteiger charge is 2.18. The van der Waals surface area contributed by atoms with Crippen LogP contribution in [0.15, 0.2) is 23.2 Å². The van der Waals surface area contributed by atoms with Gasteiger partial charge in [-0.25, -0.2) is 8.78 Å². The van der Waals surface area contributed by atoms with Crippen molar-refractivity contribution in [1.82, 2.24) is 14.3 Å². The zero-order chi connectivity index (χ0) is 20.4. The highest BCUT2D eigenvalue weighted by Crippen LogP contribution is 2.22. The lowest BCUT2D eigenvalue weighted by atomic mass is 10.3. The van der Waals surface area contributed by atoms with Gasteiger partial charge in [0.15, 0.2) is 10.6 Å². The van der Waals surface area contributed by atoms with Crippen molar-refractivity contribution < 1.29 is 18.3 Å². The van der Waals surface area contributed by atoms with Gasteiger partial charge in [-0.2, -0.15) is 10.1 Å². The normalized spacial score (nSPS) is 12.5. The number of aryl methyl sites for hydroxylation is 1. The summed E-state index contributed by atoms with van der Waals surface area (Å²) in [6.07, 6.45) is 0. The largest absolute Gasteiger partial charge is 0.380 e. The van der Waals surface area contributed by atoms with Crippen molar-refractivity contribution in [3.63, 3.8) is 0 Å². The SMILES string of the molecule is CCOCCn1c(=NC(=O)c2cc(C)nn2C(C)C)sc2cc(F)cc(F)c21. The van der Waals surface area contributed by atoms with Gasteiger partial charge in [-0.1, -0.05) is 11.3 Å². The van der Waals surface area contributed by atoms with Crippen LogP contribution >= 0.6 is 11.3 Å². The van der Waals surface area contributed by atoms with Crippen LogP contribution < -0.4 is 4.80 Å². The first kappa shape index (κ1) is 20.3. The molecule has 6 nitrogen and oxygen atoms in total. The molecule has 3 rings (SSSR count). The minimum atomic E-state index is -0.695. The van der Waals surface area contributed by atoms with Gasteiger partial charge in [-0.05, 0) is 39.8 Å². The molecule has 1 aromatic carbocycles. The Morgan fingerprint density at radius 1 is 1.32 bits per heavy atom. The summed E-state index contributed by atoms with van der Waals surface area (Å²) in [5.41, 5.74) is 1.28. The van der Waals surface area contributed by atoms with Crippen molar-refractivity contribution in [3.8, 4) is 0 Å². The molecule has 0 N–H and O–H groups in total. The Bertz CT molecular complexity index is 1080. The van der Waals surface area contributed by atoms with Crippen molar-refractivity contribution in [3.05, 3.63) is 46.0 Å².